The average molecular weight is 518 g/mol. The quantitative estimate of drug-likeness (QED) is 0.369. The molecule has 9 nitrogen and oxygen atoms in total. The van der Waals surface area contributed by atoms with E-state index in [0.717, 1.165) is 47.1 Å². The van der Waals surface area contributed by atoms with Crippen LogP contribution in [0.2, 0.25) is 0 Å². The first-order valence-corrected chi connectivity index (χ1v) is 12.7. The number of hydrogen-bond donors (Lipinski definition) is 3. The number of carbonyl (C=O) groups excluding carboxylic acids is 2. The van der Waals surface area contributed by atoms with E-state index in [1.807, 2.05) is 48.5 Å². The van der Waals surface area contributed by atoms with E-state index in [4.69, 9.17) is 9.84 Å². The van der Waals surface area contributed by atoms with Gasteiger partial charge in [-0.15, -0.1) is 0 Å². The van der Waals surface area contributed by atoms with Gasteiger partial charge in [0.2, 0.25) is 5.91 Å². The number of aromatic nitrogens is 1. The molecular formula is C29H33N4O5+. The van der Waals surface area contributed by atoms with Crippen LogP contribution in [-0.4, -0.2) is 65.8 Å². The molecule has 2 aromatic carbocycles. The average Bonchev–Trinajstić information content (AvgIpc) is 2.90. The van der Waals surface area contributed by atoms with Gasteiger partial charge in [0.1, 0.15) is 11.9 Å². The number of carboxylic acid groups (broad SMARTS) is 1. The Morgan fingerprint density at radius 2 is 1.74 bits per heavy atom. The Hall–Kier alpha value is -4.24. The minimum atomic E-state index is -1.08. The standard InChI is InChI=1S/C29H32N4O5/c1-33(2)16-14-23(15-17-33)38-29(37)31-25-11-8-20(18-24(25)21-6-4-3-5-7-21)9-13-27(34)32-26-12-10-22(19-30-26)28(35)36/h3-8,10-12,18-19,23H,9,13-17H2,1-2H3,(H2-,30,31,32,34,35,36,37)/p+1. The monoisotopic (exact) mass is 517 g/mol. The van der Waals surface area contributed by atoms with Crippen molar-refractivity contribution in [3.8, 4) is 11.1 Å². The van der Waals surface area contributed by atoms with Crippen molar-refractivity contribution in [1.29, 1.82) is 0 Å². The van der Waals surface area contributed by atoms with E-state index in [2.05, 4.69) is 29.7 Å². The number of quaternary nitrogens is 1. The number of amides is 2. The van der Waals surface area contributed by atoms with Crippen molar-refractivity contribution in [1.82, 2.24) is 4.98 Å². The molecule has 4 rings (SSSR count). The van der Waals surface area contributed by atoms with Crippen molar-refractivity contribution >= 4 is 29.5 Å². The molecule has 0 unspecified atom stereocenters. The van der Waals surface area contributed by atoms with E-state index in [1.165, 1.54) is 18.3 Å². The minimum absolute atomic E-state index is 0.0518. The van der Waals surface area contributed by atoms with Gasteiger partial charge in [0.25, 0.3) is 0 Å². The van der Waals surface area contributed by atoms with E-state index in [-0.39, 0.29) is 24.0 Å². The first-order chi connectivity index (χ1) is 18.2. The van der Waals surface area contributed by atoms with Gasteiger partial charge in [-0.25, -0.2) is 14.6 Å². The summed E-state index contributed by atoms with van der Waals surface area (Å²) in [5, 5.41) is 14.6. The van der Waals surface area contributed by atoms with Crippen molar-refractivity contribution < 1.29 is 28.7 Å². The summed E-state index contributed by atoms with van der Waals surface area (Å²) >= 11 is 0. The zero-order chi connectivity index (χ0) is 27.1. The predicted octanol–water partition coefficient (Wildman–Crippen LogP) is 4.81. The number of piperidine rings is 1. The summed E-state index contributed by atoms with van der Waals surface area (Å²) in [6, 6.07) is 18.3. The fraction of sp³-hybridized carbons (Fsp3) is 0.310. The molecule has 1 fully saturated rings. The van der Waals surface area contributed by atoms with Gasteiger partial charge in [-0.3, -0.25) is 10.1 Å². The number of nitrogens with one attached hydrogen (secondary N) is 2. The van der Waals surface area contributed by atoms with Crippen LogP contribution in [0.25, 0.3) is 11.1 Å². The highest BCUT2D eigenvalue weighted by atomic mass is 16.6. The second-order valence-corrected chi connectivity index (χ2v) is 10.1. The summed E-state index contributed by atoms with van der Waals surface area (Å²) in [5.74, 6) is -1.02. The smallest absolute Gasteiger partial charge is 0.411 e. The number of nitrogens with zero attached hydrogens (tertiary/aromatic N) is 2. The Morgan fingerprint density at radius 1 is 1.00 bits per heavy atom. The number of rotatable bonds is 8. The van der Waals surface area contributed by atoms with Crippen molar-refractivity contribution in [2.24, 2.45) is 0 Å². The van der Waals surface area contributed by atoms with Gasteiger partial charge in [-0.05, 0) is 41.8 Å². The zero-order valence-electron chi connectivity index (χ0n) is 21.6. The number of aryl methyl sites for hydroxylation is 1. The Morgan fingerprint density at radius 3 is 2.39 bits per heavy atom. The highest BCUT2D eigenvalue weighted by Gasteiger charge is 2.28. The molecular weight excluding hydrogens is 484 g/mol. The number of ether oxygens (including phenoxy) is 1. The number of carboxylic acids is 1. The highest BCUT2D eigenvalue weighted by molar-refractivity contribution is 5.93. The molecule has 198 valence electrons. The SMILES string of the molecule is C[N+]1(C)CCC(OC(=O)Nc2ccc(CCC(=O)Nc3ccc(C(=O)O)cn3)cc2-c2ccccc2)CC1. The van der Waals surface area contributed by atoms with Gasteiger partial charge in [-0.2, -0.15) is 0 Å². The molecule has 3 aromatic rings. The highest BCUT2D eigenvalue weighted by Crippen LogP contribution is 2.30. The van der Waals surface area contributed by atoms with Gasteiger partial charge in [-0.1, -0.05) is 36.4 Å². The summed E-state index contributed by atoms with van der Waals surface area (Å²) in [7, 11) is 4.37. The molecule has 0 saturated carbocycles. The number of aromatic carboxylic acids is 1. The number of anilines is 2. The van der Waals surface area contributed by atoms with E-state index in [1.54, 1.807) is 0 Å². The number of likely N-dealkylation sites (tertiary alicyclic amines) is 1. The van der Waals surface area contributed by atoms with Crippen molar-refractivity contribution in [3.63, 3.8) is 0 Å². The Labute approximate surface area is 222 Å². The maximum atomic E-state index is 12.7. The molecule has 0 bridgehead atoms. The van der Waals surface area contributed by atoms with Gasteiger partial charge in [0.05, 0.1) is 38.4 Å². The molecule has 1 aliphatic heterocycles. The fourth-order valence-corrected chi connectivity index (χ4v) is 4.42. The van der Waals surface area contributed by atoms with E-state index >= 15 is 0 Å². The number of pyridine rings is 1. The predicted molar refractivity (Wildman–Crippen MR) is 145 cm³/mol. The zero-order valence-corrected chi connectivity index (χ0v) is 21.6. The second kappa shape index (κ2) is 11.9. The Balaban J connectivity index is 1.40. The summed E-state index contributed by atoms with van der Waals surface area (Å²) < 4.78 is 6.65. The lowest BCUT2D eigenvalue weighted by Gasteiger charge is -2.36. The summed E-state index contributed by atoms with van der Waals surface area (Å²) in [5.41, 5.74) is 3.40. The van der Waals surface area contributed by atoms with Crippen LogP contribution in [0.4, 0.5) is 16.3 Å². The molecule has 1 aromatic heterocycles. The molecule has 1 aliphatic rings. The number of carbonyl (C=O) groups is 3. The molecule has 3 N–H and O–H groups in total. The molecule has 2 heterocycles. The van der Waals surface area contributed by atoms with Crippen LogP contribution in [0.15, 0.2) is 66.9 Å². The first kappa shape index (κ1) is 26.8. The molecule has 1 saturated heterocycles. The van der Waals surface area contributed by atoms with Gasteiger partial charge in [0, 0.05) is 31.0 Å². The van der Waals surface area contributed by atoms with Crippen LogP contribution < -0.4 is 10.6 Å². The van der Waals surface area contributed by atoms with Crippen LogP contribution in [0.1, 0.15) is 35.2 Å². The molecule has 0 radical (unpaired) electrons. The van der Waals surface area contributed by atoms with Crippen molar-refractivity contribution in [2.75, 3.05) is 37.8 Å². The summed E-state index contributed by atoms with van der Waals surface area (Å²) in [4.78, 5) is 40.1. The molecule has 0 aliphatic carbocycles. The fourth-order valence-electron chi connectivity index (χ4n) is 4.42. The maximum Gasteiger partial charge on any atom is 0.411 e. The summed E-state index contributed by atoms with van der Waals surface area (Å²) in [6.45, 7) is 1.94. The molecule has 2 amide bonds. The normalized spacial score (nSPS) is 14.9. The van der Waals surface area contributed by atoms with E-state index in [0.29, 0.717) is 17.9 Å². The van der Waals surface area contributed by atoms with Gasteiger partial charge >= 0.3 is 12.1 Å². The lowest BCUT2D eigenvalue weighted by Crippen LogP contribution is -2.48. The summed E-state index contributed by atoms with van der Waals surface area (Å²) in [6.07, 6.45) is 3.01. The molecule has 0 spiro atoms. The maximum absolute atomic E-state index is 12.7. The third-order valence-corrected chi connectivity index (χ3v) is 6.71. The van der Waals surface area contributed by atoms with Crippen LogP contribution >= 0.6 is 0 Å². The van der Waals surface area contributed by atoms with Gasteiger partial charge in [0.15, 0.2) is 0 Å². The van der Waals surface area contributed by atoms with E-state index in [9.17, 15) is 14.4 Å². The largest absolute Gasteiger partial charge is 0.478 e. The third kappa shape index (κ3) is 7.39. The topological polar surface area (TPSA) is 118 Å². The van der Waals surface area contributed by atoms with Crippen LogP contribution in [0.3, 0.4) is 0 Å². The Bertz CT molecular complexity index is 1280. The Kier molecular flexibility index (Phi) is 8.38. The van der Waals surface area contributed by atoms with E-state index < -0.39 is 12.1 Å². The number of hydrogen-bond acceptors (Lipinski definition) is 5. The van der Waals surface area contributed by atoms with Crippen LogP contribution in [0, 0.1) is 0 Å². The second-order valence-electron chi connectivity index (χ2n) is 10.1. The lowest BCUT2D eigenvalue weighted by molar-refractivity contribution is -0.896. The molecule has 38 heavy (non-hydrogen) atoms. The van der Waals surface area contributed by atoms with Crippen molar-refractivity contribution in [3.05, 3.63) is 78.0 Å². The van der Waals surface area contributed by atoms with Crippen molar-refractivity contribution in [2.45, 2.75) is 31.8 Å². The lowest BCUT2D eigenvalue weighted by atomic mass is 9.99. The minimum Gasteiger partial charge on any atom is -0.478 e. The number of benzene rings is 2. The first-order valence-electron chi connectivity index (χ1n) is 12.7. The van der Waals surface area contributed by atoms with Gasteiger partial charge < -0.3 is 19.6 Å². The van der Waals surface area contributed by atoms with Crippen LogP contribution in [-0.2, 0) is 16.0 Å². The van der Waals surface area contributed by atoms with Crippen LogP contribution in [0.5, 0.6) is 0 Å². The molecule has 9 heteroatoms. The third-order valence-electron chi connectivity index (χ3n) is 6.71. The molecule has 0 atom stereocenters.